The van der Waals surface area contributed by atoms with Gasteiger partial charge in [0.05, 0.1) is 60.3 Å². The van der Waals surface area contributed by atoms with Crippen LogP contribution in [-0.2, 0) is 56.1 Å². The largest absolute Gasteiger partial charge is 0.404 e. The number of nitriles is 1. The molecule has 4 aromatic heterocycles. The van der Waals surface area contributed by atoms with Crippen molar-refractivity contribution in [3.8, 4) is 28.6 Å². The summed E-state index contributed by atoms with van der Waals surface area (Å²) >= 11 is 0. The number of nitrogens with one attached hydrogen (secondary N) is 2. The van der Waals surface area contributed by atoms with Gasteiger partial charge in [-0.25, -0.2) is 0 Å². The molecule has 2 amide bonds. The highest BCUT2D eigenvalue weighted by Crippen LogP contribution is 2.46. The number of aliphatic imine (C=N–C) groups is 1. The third-order valence-electron chi connectivity index (χ3n) is 17.9. The molecule has 0 atom stereocenters. The number of ketones is 1. The van der Waals surface area contributed by atoms with Crippen LogP contribution in [0.3, 0.4) is 0 Å². The van der Waals surface area contributed by atoms with Crippen LogP contribution in [0.15, 0.2) is 90.4 Å². The number of hydrogen-bond acceptors (Lipinski definition) is 15. The molecule has 1 saturated carbocycles. The highest BCUT2D eigenvalue weighted by molar-refractivity contribution is 6.10. The van der Waals surface area contributed by atoms with Crippen molar-refractivity contribution in [1.82, 2.24) is 40.3 Å². The van der Waals surface area contributed by atoms with Crippen molar-refractivity contribution >= 4 is 57.2 Å². The molecule has 466 valence electrons. The summed E-state index contributed by atoms with van der Waals surface area (Å²) in [5.41, 5.74) is 21.7. The maximum absolute atomic E-state index is 12.3. The number of carbonyl (C=O) groups excluding carboxylic acids is 3. The molecule has 1 aliphatic carbocycles. The van der Waals surface area contributed by atoms with Gasteiger partial charge >= 0.3 is 0 Å². The van der Waals surface area contributed by atoms with Gasteiger partial charge in [0.15, 0.2) is 0 Å². The van der Waals surface area contributed by atoms with E-state index >= 15 is 0 Å². The molecule has 3 saturated heterocycles. The number of nitrogens with zero attached hydrogens (tertiary/aromatic N) is 10. The van der Waals surface area contributed by atoms with Gasteiger partial charge in [0.2, 0.25) is 11.8 Å². The van der Waals surface area contributed by atoms with Crippen molar-refractivity contribution in [1.29, 1.82) is 5.26 Å². The van der Waals surface area contributed by atoms with Crippen molar-refractivity contribution < 1.29 is 23.9 Å². The quantitative estimate of drug-likeness (QED) is 0.0723. The molecule has 13 rings (SSSR count). The lowest BCUT2D eigenvalue weighted by molar-refractivity contribution is -0.129. The molecule has 6 aliphatic heterocycles. The Balaban J connectivity index is 0.000000187. The highest BCUT2D eigenvalue weighted by Gasteiger charge is 2.48. The fourth-order valence-electron chi connectivity index (χ4n) is 13.1. The third-order valence-corrected chi connectivity index (χ3v) is 17.9. The molecule has 4 N–H and O–H groups in total. The van der Waals surface area contributed by atoms with Crippen molar-refractivity contribution in [2.75, 3.05) is 82.5 Å². The van der Waals surface area contributed by atoms with E-state index in [9.17, 15) is 14.4 Å². The number of Topliss-reactive ketones (excluding diaryl/α,β-unsaturated/α-hetero) is 1. The molecule has 88 heavy (non-hydrogen) atoms. The zero-order valence-corrected chi connectivity index (χ0v) is 53.0. The maximum atomic E-state index is 12.3. The number of anilines is 3. The summed E-state index contributed by atoms with van der Waals surface area (Å²) in [5.74, 6) is 1.28. The second kappa shape index (κ2) is 31.0. The van der Waals surface area contributed by atoms with Gasteiger partial charge in [0.25, 0.3) is 0 Å². The first kappa shape index (κ1) is 64.8. The van der Waals surface area contributed by atoms with Crippen LogP contribution in [0.25, 0.3) is 38.9 Å². The molecule has 6 aromatic rings. The molecule has 4 fully saturated rings. The summed E-state index contributed by atoms with van der Waals surface area (Å²) in [5, 5.41) is 21.4. The molecule has 10 heterocycles. The minimum Gasteiger partial charge on any atom is -0.404 e. The van der Waals surface area contributed by atoms with Gasteiger partial charge < -0.3 is 45.3 Å². The number of benzene rings is 2. The van der Waals surface area contributed by atoms with E-state index in [2.05, 4.69) is 85.9 Å². The van der Waals surface area contributed by atoms with Crippen molar-refractivity contribution in [3.63, 3.8) is 0 Å². The fraction of sp³-hybridized carbons (Fsp3) is 0.500. The molecule has 7 aliphatic rings. The molecular weight excluding hydrogens is 1100 g/mol. The van der Waals surface area contributed by atoms with E-state index in [1.165, 1.54) is 73.9 Å². The lowest BCUT2D eigenvalue weighted by Gasteiger charge is -2.53. The number of hydrogen-bond donors (Lipinski definition) is 3. The Labute approximate surface area is 520 Å². The van der Waals surface area contributed by atoms with E-state index in [0.717, 1.165) is 172 Å². The van der Waals surface area contributed by atoms with Gasteiger partial charge in [-0.1, -0.05) is 32.0 Å². The monoisotopic (exact) mass is 1190 g/mol. The summed E-state index contributed by atoms with van der Waals surface area (Å²) in [6.45, 7) is 19.7. The van der Waals surface area contributed by atoms with E-state index in [4.69, 9.17) is 40.5 Å². The van der Waals surface area contributed by atoms with Crippen LogP contribution >= 0.6 is 0 Å². The van der Waals surface area contributed by atoms with Crippen LogP contribution < -0.4 is 26.2 Å². The second-order valence-electron chi connectivity index (χ2n) is 24.1. The average molecular weight is 1190 g/mol. The van der Waals surface area contributed by atoms with Crippen LogP contribution in [0.1, 0.15) is 139 Å². The SMILES string of the molecule is CC.CC#N.CC(=O)N1CCc2c(c(-c3cccc4cc(/C(C=NCCOC5CC6(CNC6)C5)=C/N)ncc34)nn2C2CCOCC2)C1.CC(C)=O.CN1C(=O)CCc2cc(N3CCCc4cc(-c5ccc(CCC6CCNCC6)nc5)ncc43)ccc21. The van der Waals surface area contributed by atoms with Gasteiger partial charge in [-0.3, -0.25) is 34.2 Å². The van der Waals surface area contributed by atoms with E-state index in [1.807, 2.05) is 44.4 Å². The summed E-state index contributed by atoms with van der Waals surface area (Å²) in [6.07, 6.45) is 23.1. The normalized spacial score (nSPS) is 18.1. The Kier molecular flexibility index (Phi) is 22.8. The smallest absolute Gasteiger partial charge is 0.227 e. The van der Waals surface area contributed by atoms with E-state index in [-0.39, 0.29) is 17.6 Å². The molecule has 18 nitrogen and oxygen atoms in total. The Morgan fingerprint density at radius 2 is 1.65 bits per heavy atom. The first-order valence-electron chi connectivity index (χ1n) is 32.0. The number of carbonyl (C=O) groups is 3. The number of pyridine rings is 3. The predicted octanol–water partition coefficient (Wildman–Crippen LogP) is 10.7. The van der Waals surface area contributed by atoms with Crippen LogP contribution in [0.4, 0.5) is 17.1 Å². The number of aromatic nitrogens is 5. The predicted molar refractivity (Wildman–Crippen MR) is 351 cm³/mol. The van der Waals surface area contributed by atoms with E-state index in [1.54, 1.807) is 30.3 Å². The van der Waals surface area contributed by atoms with Crippen LogP contribution in [0.2, 0.25) is 0 Å². The molecule has 0 bridgehead atoms. The lowest BCUT2D eigenvalue weighted by Crippen LogP contribution is -2.62. The number of nitrogens with two attached hydrogens (primary N) is 1. The number of aryl methyl sites for hydroxylation is 3. The molecule has 2 aromatic carbocycles. The summed E-state index contributed by atoms with van der Waals surface area (Å²) in [4.78, 5) is 59.0. The van der Waals surface area contributed by atoms with Gasteiger partial charge in [-0.15, -0.1) is 0 Å². The van der Waals surface area contributed by atoms with Gasteiger partial charge in [-0.2, -0.15) is 10.4 Å². The van der Waals surface area contributed by atoms with Crippen LogP contribution in [0.5, 0.6) is 0 Å². The van der Waals surface area contributed by atoms with E-state index < -0.39 is 0 Å². The fourth-order valence-corrected chi connectivity index (χ4v) is 13.1. The highest BCUT2D eigenvalue weighted by atomic mass is 16.5. The zero-order chi connectivity index (χ0) is 62.2. The van der Waals surface area contributed by atoms with Crippen LogP contribution in [0, 0.1) is 22.7 Å². The summed E-state index contributed by atoms with van der Waals surface area (Å²) in [6, 6.07) is 23.5. The van der Waals surface area contributed by atoms with Crippen molar-refractivity contribution in [2.24, 2.45) is 22.1 Å². The number of ether oxygens (including phenoxy) is 2. The molecule has 0 unspecified atom stereocenters. The van der Waals surface area contributed by atoms with Crippen molar-refractivity contribution in [3.05, 3.63) is 119 Å². The lowest BCUT2D eigenvalue weighted by atomic mass is 9.63. The average Bonchev–Trinajstić information content (AvgIpc) is 1.62. The number of rotatable bonds is 13. The Bertz CT molecular complexity index is 3450. The zero-order valence-electron chi connectivity index (χ0n) is 53.0. The topological polar surface area (TPSA) is 222 Å². The molecule has 18 heteroatoms. The summed E-state index contributed by atoms with van der Waals surface area (Å²) in [7, 11) is 1.87. The first-order chi connectivity index (χ1) is 42.8. The number of allylic oxidation sites excluding steroid dienone is 1. The molecule has 1 spiro atoms. The second-order valence-corrected chi connectivity index (χ2v) is 24.1. The standard InChI is InChI=1S/C33H41N7O3.C30H35N5O.C3H6O.C2H3N.C2H6/c1-22(41)39-9-5-31-29(19-39)32(38-40(31)25-6-10-42-11-7-25)27-4-2-3-23-13-30(37-18-28(23)27)24(16-34)17-35-8-12-43-26-14-33(15-26)20-36-21-33;1-34-28-10-9-26(17-23(28)6-11-30(34)36)35-16-2-3-22-18-27(33-20-29(22)35)24-5-8-25(32-19-24)7-4-21-12-14-31-15-13-21;1-3(2)4;1-2-3;1-2/h2-4,13,16-18,25-26,36H,5-12,14-15,19-21,34H2,1H3;5,8-10,17-21,31H,2-4,6-7,11-16H2,1H3;1-2H3;1H3;1-2H3/b24-16+,35-17?;;;;. The first-order valence-corrected chi connectivity index (χ1v) is 32.0. The Morgan fingerprint density at radius 1 is 0.886 bits per heavy atom. The Morgan fingerprint density at radius 3 is 2.35 bits per heavy atom. The maximum Gasteiger partial charge on any atom is 0.227 e. The Hall–Kier alpha value is -7.69. The van der Waals surface area contributed by atoms with Crippen LogP contribution in [-0.4, -0.2) is 132 Å². The third kappa shape index (κ3) is 15.8. The number of amides is 2. The summed E-state index contributed by atoms with van der Waals surface area (Å²) < 4.78 is 13.9. The minimum atomic E-state index is 0.0941. The van der Waals surface area contributed by atoms with Gasteiger partial charge in [0.1, 0.15) is 5.78 Å². The molecule has 0 radical (unpaired) electrons. The van der Waals surface area contributed by atoms with Crippen molar-refractivity contribution in [2.45, 2.75) is 144 Å². The van der Waals surface area contributed by atoms with Gasteiger partial charge in [-0.05, 0) is 162 Å². The van der Waals surface area contributed by atoms with E-state index in [0.29, 0.717) is 43.7 Å². The number of piperidine rings is 1. The molecular formula is C70H91N13O5. The number of fused-ring (bicyclic) bond motifs is 4. The minimum absolute atomic E-state index is 0.0941. The van der Waals surface area contributed by atoms with Gasteiger partial charge in [0, 0.05) is 160 Å².